The number of hydrogen-bond acceptors (Lipinski definition) is 2. The molecular formula is C21H24FN3O2. The number of hydrogen-bond donors (Lipinski definition) is 3. The standard InChI is InChI=1S/C21H24FN3O2/c1-13(15-8-9-20(27-3)18(22)12-15)25-21(26)23-11-10-16-14(2)24-19-7-5-4-6-17(16)19/h4-9,12-13,24H,10-11H2,1-3H3,(H2,23,25,26). The Morgan fingerprint density at radius 2 is 2.04 bits per heavy atom. The van der Waals surface area contributed by atoms with E-state index in [1.165, 1.54) is 24.1 Å². The molecule has 0 aliphatic rings. The predicted octanol–water partition coefficient (Wildman–Crippen LogP) is 4.23. The van der Waals surface area contributed by atoms with Gasteiger partial charge in [0.25, 0.3) is 0 Å². The first-order chi connectivity index (χ1) is 13.0. The van der Waals surface area contributed by atoms with Crippen LogP contribution in [0.4, 0.5) is 9.18 Å². The van der Waals surface area contributed by atoms with Gasteiger partial charge in [0.2, 0.25) is 0 Å². The van der Waals surface area contributed by atoms with Crippen molar-refractivity contribution in [1.82, 2.24) is 15.6 Å². The van der Waals surface area contributed by atoms with E-state index in [9.17, 15) is 9.18 Å². The summed E-state index contributed by atoms with van der Waals surface area (Å²) in [5, 5.41) is 6.88. The van der Waals surface area contributed by atoms with Gasteiger partial charge in [-0.3, -0.25) is 0 Å². The molecular weight excluding hydrogens is 345 g/mol. The van der Waals surface area contributed by atoms with E-state index < -0.39 is 5.82 Å². The summed E-state index contributed by atoms with van der Waals surface area (Å²) in [7, 11) is 1.42. The number of benzene rings is 2. The molecule has 27 heavy (non-hydrogen) atoms. The molecule has 0 aliphatic carbocycles. The maximum Gasteiger partial charge on any atom is 0.315 e. The van der Waals surface area contributed by atoms with Crippen LogP contribution in [0.1, 0.15) is 29.8 Å². The van der Waals surface area contributed by atoms with Gasteiger partial charge in [-0.1, -0.05) is 24.3 Å². The zero-order valence-corrected chi connectivity index (χ0v) is 15.7. The number of H-pyrrole nitrogens is 1. The molecule has 0 fully saturated rings. The number of aromatic amines is 1. The molecule has 0 saturated heterocycles. The Bertz CT molecular complexity index is 952. The summed E-state index contributed by atoms with van der Waals surface area (Å²) in [5.41, 5.74) is 4.09. The summed E-state index contributed by atoms with van der Waals surface area (Å²) in [5.74, 6) is -0.261. The van der Waals surface area contributed by atoms with Crippen molar-refractivity contribution in [2.75, 3.05) is 13.7 Å². The van der Waals surface area contributed by atoms with Gasteiger partial charge in [-0.2, -0.15) is 0 Å². The van der Waals surface area contributed by atoms with Crippen LogP contribution in [0.2, 0.25) is 0 Å². The zero-order valence-electron chi connectivity index (χ0n) is 15.7. The molecule has 6 heteroatoms. The summed E-state index contributed by atoms with van der Waals surface area (Å²) >= 11 is 0. The first-order valence-electron chi connectivity index (χ1n) is 8.93. The molecule has 3 N–H and O–H groups in total. The van der Waals surface area contributed by atoms with Gasteiger partial charge in [-0.15, -0.1) is 0 Å². The largest absolute Gasteiger partial charge is 0.494 e. The molecule has 3 aromatic rings. The lowest BCUT2D eigenvalue weighted by molar-refractivity contribution is 0.238. The molecule has 2 amide bonds. The van der Waals surface area contributed by atoms with Gasteiger partial charge in [0, 0.05) is 23.1 Å². The van der Waals surface area contributed by atoms with Crippen LogP contribution in [0.5, 0.6) is 5.75 Å². The number of ether oxygens (including phenoxy) is 1. The minimum absolute atomic E-state index is 0.185. The van der Waals surface area contributed by atoms with Crippen LogP contribution >= 0.6 is 0 Å². The van der Waals surface area contributed by atoms with Crippen molar-refractivity contribution in [3.8, 4) is 5.75 Å². The van der Waals surface area contributed by atoms with Crippen molar-refractivity contribution in [3.05, 3.63) is 65.1 Å². The molecule has 3 rings (SSSR count). The van der Waals surface area contributed by atoms with Gasteiger partial charge >= 0.3 is 6.03 Å². The molecule has 1 heterocycles. The second-order valence-corrected chi connectivity index (χ2v) is 6.54. The molecule has 5 nitrogen and oxygen atoms in total. The summed E-state index contributed by atoms with van der Waals surface area (Å²) < 4.78 is 18.7. The Morgan fingerprint density at radius 1 is 1.26 bits per heavy atom. The molecule has 2 aromatic carbocycles. The first-order valence-corrected chi connectivity index (χ1v) is 8.93. The fourth-order valence-corrected chi connectivity index (χ4v) is 3.24. The van der Waals surface area contributed by atoms with Crippen LogP contribution in [-0.2, 0) is 6.42 Å². The number of methoxy groups -OCH3 is 1. The smallest absolute Gasteiger partial charge is 0.315 e. The van der Waals surface area contributed by atoms with Crippen molar-refractivity contribution < 1.29 is 13.9 Å². The average Bonchev–Trinajstić information content (AvgIpc) is 2.97. The Morgan fingerprint density at radius 3 is 2.78 bits per heavy atom. The van der Waals surface area contributed by atoms with Gasteiger partial charge in [-0.05, 0) is 49.6 Å². The summed E-state index contributed by atoms with van der Waals surface area (Å²) in [6.45, 7) is 4.36. The third-order valence-electron chi connectivity index (χ3n) is 4.71. The van der Waals surface area contributed by atoms with E-state index in [4.69, 9.17) is 4.74 Å². The first kappa shape index (κ1) is 18.8. The number of rotatable bonds is 6. The molecule has 0 bridgehead atoms. The van der Waals surface area contributed by atoms with E-state index in [0.717, 1.165) is 17.6 Å². The highest BCUT2D eigenvalue weighted by molar-refractivity contribution is 5.84. The number of halogens is 1. The number of para-hydroxylation sites is 1. The lowest BCUT2D eigenvalue weighted by Gasteiger charge is -2.16. The normalized spacial score (nSPS) is 12.0. The van der Waals surface area contributed by atoms with Gasteiger partial charge in [0.1, 0.15) is 0 Å². The molecule has 0 spiro atoms. The maximum atomic E-state index is 13.8. The topological polar surface area (TPSA) is 66.2 Å². The SMILES string of the molecule is COc1ccc(C(C)NC(=O)NCCc2c(C)[nH]c3ccccc23)cc1F. The molecule has 1 unspecified atom stereocenters. The molecule has 0 aliphatic heterocycles. The average molecular weight is 369 g/mol. The van der Waals surface area contributed by atoms with Crippen LogP contribution in [0.25, 0.3) is 10.9 Å². The number of aryl methyl sites for hydroxylation is 1. The van der Waals surface area contributed by atoms with Gasteiger partial charge in [0.15, 0.2) is 11.6 Å². The fraction of sp³-hybridized carbons (Fsp3) is 0.286. The van der Waals surface area contributed by atoms with Crippen molar-refractivity contribution in [1.29, 1.82) is 0 Å². The fourth-order valence-electron chi connectivity index (χ4n) is 3.24. The second-order valence-electron chi connectivity index (χ2n) is 6.54. The van der Waals surface area contributed by atoms with Crippen LogP contribution in [-0.4, -0.2) is 24.7 Å². The number of aromatic nitrogens is 1. The van der Waals surface area contributed by atoms with E-state index in [-0.39, 0.29) is 17.8 Å². The Hall–Kier alpha value is -3.02. The third kappa shape index (κ3) is 4.22. The number of carbonyl (C=O) groups excluding carboxylic acids is 1. The van der Waals surface area contributed by atoms with Crippen LogP contribution in [0, 0.1) is 12.7 Å². The van der Waals surface area contributed by atoms with Crippen molar-refractivity contribution in [3.63, 3.8) is 0 Å². The zero-order chi connectivity index (χ0) is 19.4. The molecule has 1 atom stereocenters. The number of amides is 2. The van der Waals surface area contributed by atoms with Crippen molar-refractivity contribution >= 4 is 16.9 Å². The summed E-state index contributed by atoms with van der Waals surface area (Å²) in [4.78, 5) is 15.5. The van der Waals surface area contributed by atoms with Crippen LogP contribution in [0.3, 0.4) is 0 Å². The Balaban J connectivity index is 1.55. The molecule has 1 aromatic heterocycles. The number of fused-ring (bicyclic) bond motifs is 1. The highest BCUT2D eigenvalue weighted by Gasteiger charge is 2.13. The van der Waals surface area contributed by atoms with E-state index in [1.54, 1.807) is 12.1 Å². The summed E-state index contributed by atoms with van der Waals surface area (Å²) in [6, 6.07) is 12.2. The quantitative estimate of drug-likeness (QED) is 0.609. The number of urea groups is 1. The highest BCUT2D eigenvalue weighted by Crippen LogP contribution is 2.23. The van der Waals surface area contributed by atoms with Crippen molar-refractivity contribution in [2.45, 2.75) is 26.3 Å². The maximum absolute atomic E-state index is 13.8. The lowest BCUT2D eigenvalue weighted by Crippen LogP contribution is -2.38. The second kappa shape index (κ2) is 8.12. The van der Waals surface area contributed by atoms with E-state index in [1.807, 2.05) is 32.0 Å². The molecule has 142 valence electrons. The lowest BCUT2D eigenvalue weighted by atomic mass is 10.1. The Labute approximate surface area is 157 Å². The number of nitrogens with one attached hydrogen (secondary N) is 3. The number of carbonyl (C=O) groups is 1. The minimum Gasteiger partial charge on any atom is -0.494 e. The van der Waals surface area contributed by atoms with Crippen LogP contribution in [0.15, 0.2) is 42.5 Å². The Kier molecular flexibility index (Phi) is 5.64. The van der Waals surface area contributed by atoms with Crippen molar-refractivity contribution in [2.24, 2.45) is 0 Å². The minimum atomic E-state index is -0.445. The summed E-state index contributed by atoms with van der Waals surface area (Å²) in [6.07, 6.45) is 0.731. The van der Waals surface area contributed by atoms with E-state index >= 15 is 0 Å². The van der Waals surface area contributed by atoms with E-state index in [2.05, 4.69) is 21.7 Å². The van der Waals surface area contributed by atoms with E-state index in [0.29, 0.717) is 12.1 Å². The monoisotopic (exact) mass is 369 g/mol. The molecule has 0 saturated carbocycles. The van der Waals surface area contributed by atoms with Gasteiger partial charge < -0.3 is 20.4 Å². The highest BCUT2D eigenvalue weighted by atomic mass is 19.1. The van der Waals surface area contributed by atoms with Crippen LogP contribution < -0.4 is 15.4 Å². The third-order valence-corrected chi connectivity index (χ3v) is 4.71. The van der Waals surface area contributed by atoms with Gasteiger partial charge in [0.05, 0.1) is 13.2 Å². The molecule has 0 radical (unpaired) electrons. The predicted molar refractivity (Wildman–Crippen MR) is 105 cm³/mol. The van der Waals surface area contributed by atoms with Gasteiger partial charge in [-0.25, -0.2) is 9.18 Å².